The van der Waals surface area contributed by atoms with E-state index in [2.05, 4.69) is 30.7 Å². The van der Waals surface area contributed by atoms with Crippen molar-refractivity contribution in [3.8, 4) is 11.5 Å². The minimum atomic E-state index is -5.77. The van der Waals surface area contributed by atoms with E-state index in [1.807, 2.05) is 0 Å². The first-order chi connectivity index (χ1) is 17.3. The van der Waals surface area contributed by atoms with Gasteiger partial charge in [0.2, 0.25) is 5.91 Å². The van der Waals surface area contributed by atoms with Crippen LogP contribution in [0, 0.1) is 11.2 Å². The topological polar surface area (TPSA) is 124 Å². The first kappa shape index (κ1) is 23.6. The van der Waals surface area contributed by atoms with E-state index in [9.17, 15) is 35.9 Å². The minimum Gasteiger partial charge on any atom is -0.362 e. The van der Waals surface area contributed by atoms with E-state index in [-0.39, 0.29) is 39.8 Å². The maximum atomic E-state index is 14.0. The highest BCUT2D eigenvalue weighted by atomic mass is 19.4. The van der Waals surface area contributed by atoms with E-state index in [4.69, 9.17) is 4.74 Å². The van der Waals surface area contributed by atoms with Crippen molar-refractivity contribution in [1.29, 1.82) is 0 Å². The molecule has 1 saturated carbocycles. The fourth-order valence-corrected chi connectivity index (χ4v) is 5.07. The fraction of sp³-hybridized carbons (Fsp3) is 0.429. The number of pyridine rings is 1. The number of ether oxygens (including phenoxy) is 1. The highest BCUT2D eigenvalue weighted by molar-refractivity contribution is 6.16. The molecular weight excluding hydrogens is 512 g/mol. The lowest BCUT2D eigenvalue weighted by Gasteiger charge is -2.37. The zero-order valence-corrected chi connectivity index (χ0v) is 18.7. The molecule has 37 heavy (non-hydrogen) atoms. The van der Waals surface area contributed by atoms with Gasteiger partial charge in [0.15, 0.2) is 17.1 Å². The smallest absolute Gasteiger partial charge is 0.362 e. The number of methoxy groups -OCH3 is 1. The Labute approximate surface area is 202 Å². The van der Waals surface area contributed by atoms with Gasteiger partial charge in [0.1, 0.15) is 23.1 Å². The van der Waals surface area contributed by atoms with Gasteiger partial charge in [-0.25, -0.2) is 24.0 Å². The first-order valence-electron chi connectivity index (χ1n) is 10.9. The van der Waals surface area contributed by atoms with Crippen LogP contribution in [0.25, 0.3) is 22.6 Å². The SMILES string of the molecule is CO[C@@]12C(=O)Nc3nc(-c4nn(CCC(F)(F)C(F)(F)F)c5ncc(F)cc45)nc(c31)NC(=O)C21CC1. The van der Waals surface area contributed by atoms with Crippen LogP contribution >= 0.6 is 0 Å². The van der Waals surface area contributed by atoms with Crippen LogP contribution in [-0.2, 0) is 26.5 Å². The van der Waals surface area contributed by atoms with Gasteiger partial charge in [-0.1, -0.05) is 0 Å². The van der Waals surface area contributed by atoms with Crippen LogP contribution in [0.4, 0.5) is 38.0 Å². The summed E-state index contributed by atoms with van der Waals surface area (Å²) in [6, 6.07) is 0.945. The van der Waals surface area contributed by atoms with Crippen LogP contribution in [0.2, 0.25) is 0 Å². The normalized spacial score (nSPS) is 21.8. The number of carbonyl (C=O) groups is 2. The standard InChI is InChI=1S/C21H15F6N7O3/c1-37-20-10-12(31-16(35)18(20)2-3-18)29-14(30-13(10)32-17(20)36)11-9-6-8(22)7-28-15(9)34(33-11)5-4-19(23,24)21(25,26)27/h6-7H,2-5H2,1H3,(H2,29,30,31,32,35,36)/t20-/m1/s1. The van der Waals surface area contributed by atoms with Gasteiger partial charge in [-0.05, 0) is 18.9 Å². The van der Waals surface area contributed by atoms with Crippen molar-refractivity contribution in [2.45, 2.75) is 43.5 Å². The van der Waals surface area contributed by atoms with Crippen LogP contribution < -0.4 is 10.6 Å². The summed E-state index contributed by atoms with van der Waals surface area (Å²) in [5.74, 6) is -7.29. The lowest BCUT2D eigenvalue weighted by molar-refractivity contribution is -0.285. The van der Waals surface area contributed by atoms with Crippen LogP contribution in [0.15, 0.2) is 12.3 Å². The summed E-state index contributed by atoms with van der Waals surface area (Å²) in [5, 5.41) is 9.17. The van der Waals surface area contributed by atoms with Gasteiger partial charge >= 0.3 is 12.1 Å². The summed E-state index contributed by atoms with van der Waals surface area (Å²) < 4.78 is 85.5. The van der Waals surface area contributed by atoms with Gasteiger partial charge in [-0.15, -0.1) is 0 Å². The Morgan fingerprint density at radius 1 is 1.08 bits per heavy atom. The maximum absolute atomic E-state index is 14.0. The number of aryl methyl sites for hydroxylation is 1. The number of nitrogens with zero attached hydrogens (tertiary/aromatic N) is 5. The van der Waals surface area contributed by atoms with Crippen LogP contribution in [0.1, 0.15) is 24.8 Å². The van der Waals surface area contributed by atoms with E-state index in [1.165, 1.54) is 7.11 Å². The summed E-state index contributed by atoms with van der Waals surface area (Å²) in [6.07, 6.45) is -5.88. The number of halogens is 6. The van der Waals surface area contributed by atoms with Crippen LogP contribution in [0.5, 0.6) is 0 Å². The van der Waals surface area contributed by atoms with Crippen LogP contribution in [0.3, 0.4) is 0 Å². The van der Waals surface area contributed by atoms with E-state index in [0.29, 0.717) is 12.8 Å². The molecule has 0 radical (unpaired) electrons. The number of carbonyl (C=O) groups excluding carboxylic acids is 2. The summed E-state index contributed by atoms with van der Waals surface area (Å²) in [5.41, 5.74) is -2.97. The highest BCUT2D eigenvalue weighted by Crippen LogP contribution is 2.66. The number of fused-ring (bicyclic) bond motifs is 2. The number of aromatic nitrogens is 5. The number of anilines is 2. The van der Waals surface area contributed by atoms with E-state index < -0.39 is 53.7 Å². The van der Waals surface area contributed by atoms with Crippen molar-refractivity contribution in [2.75, 3.05) is 17.7 Å². The van der Waals surface area contributed by atoms with Crippen LogP contribution in [-0.4, -0.2) is 55.8 Å². The first-order valence-corrected chi connectivity index (χ1v) is 10.9. The number of hydrogen-bond donors (Lipinski definition) is 2. The maximum Gasteiger partial charge on any atom is 0.453 e. The highest BCUT2D eigenvalue weighted by Gasteiger charge is 2.75. The second kappa shape index (κ2) is 7.14. The summed E-state index contributed by atoms with van der Waals surface area (Å²) in [7, 11) is 1.28. The van der Waals surface area contributed by atoms with Crippen molar-refractivity contribution < 1.29 is 40.7 Å². The number of alkyl halides is 5. The third kappa shape index (κ3) is 2.98. The lowest BCUT2D eigenvalue weighted by Crippen LogP contribution is -2.53. The molecule has 194 valence electrons. The van der Waals surface area contributed by atoms with Gasteiger partial charge in [-0.2, -0.15) is 27.1 Å². The number of nitrogens with one attached hydrogen (secondary N) is 2. The molecule has 6 rings (SSSR count). The Morgan fingerprint density at radius 2 is 1.73 bits per heavy atom. The predicted octanol–water partition coefficient (Wildman–Crippen LogP) is 3.14. The lowest BCUT2D eigenvalue weighted by atomic mass is 9.76. The average Bonchev–Trinajstić information content (AvgIpc) is 3.46. The van der Waals surface area contributed by atoms with E-state index in [1.54, 1.807) is 0 Å². The molecule has 0 bridgehead atoms. The molecule has 2 N–H and O–H groups in total. The van der Waals surface area contributed by atoms with E-state index >= 15 is 0 Å². The molecule has 5 heterocycles. The summed E-state index contributed by atoms with van der Waals surface area (Å²) in [4.78, 5) is 38.3. The van der Waals surface area contributed by atoms with Gasteiger partial charge < -0.3 is 15.4 Å². The molecule has 1 spiro atoms. The second-order valence-corrected chi connectivity index (χ2v) is 9.04. The number of hydrogen-bond acceptors (Lipinski definition) is 7. The van der Waals surface area contributed by atoms with Crippen molar-refractivity contribution in [3.63, 3.8) is 0 Å². The zero-order chi connectivity index (χ0) is 26.5. The van der Waals surface area contributed by atoms with Crippen molar-refractivity contribution in [1.82, 2.24) is 24.7 Å². The fourth-order valence-electron chi connectivity index (χ4n) is 5.07. The van der Waals surface area contributed by atoms with Crippen molar-refractivity contribution in [3.05, 3.63) is 23.6 Å². The Morgan fingerprint density at radius 3 is 2.32 bits per heavy atom. The Kier molecular flexibility index (Phi) is 4.55. The second-order valence-electron chi connectivity index (χ2n) is 9.04. The van der Waals surface area contributed by atoms with E-state index in [0.717, 1.165) is 16.9 Å². The van der Waals surface area contributed by atoms with Crippen molar-refractivity contribution >= 4 is 34.5 Å². The molecule has 3 aromatic rings. The predicted molar refractivity (Wildman–Crippen MR) is 112 cm³/mol. The third-order valence-electron chi connectivity index (χ3n) is 7.03. The quantitative estimate of drug-likeness (QED) is 0.489. The molecule has 16 heteroatoms. The van der Waals surface area contributed by atoms with Gasteiger partial charge in [0.05, 0.1) is 22.6 Å². The molecule has 0 saturated heterocycles. The molecule has 0 unspecified atom stereocenters. The van der Waals surface area contributed by atoms with Gasteiger partial charge in [-0.3, -0.25) is 9.59 Å². The molecule has 2 aliphatic heterocycles. The Bertz CT molecular complexity index is 1520. The molecular formula is C21H15F6N7O3. The Balaban J connectivity index is 1.48. The summed E-state index contributed by atoms with van der Waals surface area (Å²) in [6.45, 7) is -0.914. The molecule has 10 nitrogen and oxygen atoms in total. The van der Waals surface area contributed by atoms with Gasteiger partial charge in [0, 0.05) is 20.1 Å². The monoisotopic (exact) mass is 527 g/mol. The molecule has 3 aromatic heterocycles. The average molecular weight is 527 g/mol. The number of rotatable bonds is 5. The molecule has 1 aliphatic carbocycles. The molecule has 1 atom stereocenters. The molecule has 0 aromatic carbocycles. The summed E-state index contributed by atoms with van der Waals surface area (Å²) >= 11 is 0. The molecule has 2 amide bonds. The number of amides is 2. The minimum absolute atomic E-state index is 0.00575. The van der Waals surface area contributed by atoms with Crippen molar-refractivity contribution in [2.24, 2.45) is 5.41 Å². The zero-order valence-electron chi connectivity index (χ0n) is 18.7. The molecule has 3 aliphatic rings. The Hall–Kier alpha value is -3.82. The van der Waals surface area contributed by atoms with Gasteiger partial charge in [0.25, 0.3) is 5.91 Å². The third-order valence-corrected chi connectivity index (χ3v) is 7.03. The molecule has 1 fully saturated rings. The largest absolute Gasteiger partial charge is 0.453 e.